The normalized spacial score (nSPS) is 13.4. The average molecular weight is 592 g/mol. The molecular weight excluding hydrogens is 542 g/mol. The van der Waals surface area contributed by atoms with Crippen molar-refractivity contribution >= 4 is 51.2 Å². The number of amides is 4. The van der Waals surface area contributed by atoms with Crippen LogP contribution < -0.4 is 21.3 Å². The summed E-state index contributed by atoms with van der Waals surface area (Å²) in [5.41, 5.74) is 0. The van der Waals surface area contributed by atoms with Crippen LogP contribution in [-0.4, -0.2) is 96.9 Å². The summed E-state index contributed by atoms with van der Waals surface area (Å²) in [5, 5.41) is 11.6. The van der Waals surface area contributed by atoms with Crippen LogP contribution in [0.25, 0.3) is 0 Å². The van der Waals surface area contributed by atoms with Gasteiger partial charge >= 0.3 is 5.97 Å². The highest BCUT2D eigenvalue weighted by Gasteiger charge is 2.19. The zero-order valence-corrected chi connectivity index (χ0v) is 26.4. The topological polar surface area (TPSA) is 146 Å². The van der Waals surface area contributed by atoms with Gasteiger partial charge in [-0.2, -0.15) is 0 Å². The number of nitrogens with zero attached hydrogens (tertiary/aromatic N) is 1. The van der Waals surface area contributed by atoms with Crippen LogP contribution in [0.5, 0.6) is 0 Å². The van der Waals surface area contributed by atoms with Gasteiger partial charge in [-0.15, -0.1) is 0 Å². The standard InChI is InChI=1S/C26H49N5O6S2/c1-17(2)26(36)37-16-20(6)39-38-19(5)9-10-22(32)28-12-11-24(34)31(8)15-23(33)30-21(7)25(35)29-14-13-27-18(3)4/h17-21,27H,9-16H2,1-8H3,(H,28,32)(H,29,35)(H,30,33)/t19?,20?,21-/m0/s1. The van der Waals surface area contributed by atoms with E-state index in [1.165, 1.54) is 11.9 Å². The largest absolute Gasteiger partial charge is 0.464 e. The summed E-state index contributed by atoms with van der Waals surface area (Å²) >= 11 is 0. The molecule has 0 aliphatic carbocycles. The predicted octanol–water partition coefficient (Wildman–Crippen LogP) is 1.71. The Bertz CT molecular complexity index is 784. The fourth-order valence-electron chi connectivity index (χ4n) is 2.91. The van der Waals surface area contributed by atoms with Gasteiger partial charge in [-0.25, -0.2) is 0 Å². The van der Waals surface area contributed by atoms with Crippen LogP contribution in [-0.2, 0) is 28.7 Å². The molecule has 0 saturated carbocycles. The van der Waals surface area contributed by atoms with E-state index in [2.05, 4.69) is 21.3 Å². The van der Waals surface area contributed by atoms with E-state index in [-0.39, 0.29) is 59.6 Å². The van der Waals surface area contributed by atoms with Crippen molar-refractivity contribution in [3.63, 3.8) is 0 Å². The van der Waals surface area contributed by atoms with Crippen molar-refractivity contribution < 1.29 is 28.7 Å². The molecule has 0 aliphatic rings. The smallest absolute Gasteiger partial charge is 0.308 e. The fraction of sp³-hybridized carbons (Fsp3) is 0.808. The van der Waals surface area contributed by atoms with Crippen LogP contribution >= 0.6 is 21.6 Å². The monoisotopic (exact) mass is 591 g/mol. The predicted molar refractivity (Wildman–Crippen MR) is 158 cm³/mol. The number of carbonyl (C=O) groups excluding carboxylic acids is 5. The first-order valence-corrected chi connectivity index (χ1v) is 15.8. The molecule has 226 valence electrons. The van der Waals surface area contributed by atoms with E-state index in [4.69, 9.17) is 4.74 Å². The van der Waals surface area contributed by atoms with E-state index in [9.17, 15) is 24.0 Å². The quantitative estimate of drug-likeness (QED) is 0.0944. The number of ether oxygens (including phenoxy) is 1. The third-order valence-electron chi connectivity index (χ3n) is 5.31. The Hall–Kier alpha value is -1.99. The average Bonchev–Trinajstić information content (AvgIpc) is 2.86. The second kappa shape index (κ2) is 20.8. The number of hydrogen-bond donors (Lipinski definition) is 4. The van der Waals surface area contributed by atoms with Crippen molar-refractivity contribution in [2.24, 2.45) is 5.92 Å². The highest BCUT2D eigenvalue weighted by atomic mass is 33.1. The zero-order chi connectivity index (χ0) is 30.0. The Morgan fingerprint density at radius 1 is 0.795 bits per heavy atom. The molecule has 0 aromatic rings. The van der Waals surface area contributed by atoms with Gasteiger partial charge in [-0.1, -0.05) is 56.2 Å². The summed E-state index contributed by atoms with van der Waals surface area (Å²) in [5.74, 6) is -1.49. The summed E-state index contributed by atoms with van der Waals surface area (Å²) in [6.45, 7) is 14.7. The molecule has 0 fully saturated rings. The second-order valence-corrected chi connectivity index (χ2v) is 13.3. The molecule has 39 heavy (non-hydrogen) atoms. The first kappa shape index (κ1) is 37.0. The van der Waals surface area contributed by atoms with Gasteiger partial charge in [0.15, 0.2) is 0 Å². The lowest BCUT2D eigenvalue weighted by molar-refractivity contribution is -0.147. The Morgan fingerprint density at radius 3 is 2.05 bits per heavy atom. The van der Waals surface area contributed by atoms with Crippen LogP contribution in [0.1, 0.15) is 67.7 Å². The van der Waals surface area contributed by atoms with Crippen LogP contribution in [0, 0.1) is 5.92 Å². The third-order valence-corrected chi connectivity index (χ3v) is 8.75. The number of nitrogens with one attached hydrogen (secondary N) is 4. The molecule has 0 heterocycles. The molecule has 0 aromatic carbocycles. The summed E-state index contributed by atoms with van der Waals surface area (Å²) in [7, 11) is 4.79. The SMILES string of the molecule is CC(C)NCCNC(=O)[C@H](C)NC(=O)CN(C)C(=O)CCNC(=O)CCC(C)SSC(C)COC(=O)C(C)C. The molecular formula is C26H49N5O6S2. The van der Waals surface area contributed by atoms with Gasteiger partial charge in [0.1, 0.15) is 12.6 Å². The van der Waals surface area contributed by atoms with Crippen molar-refractivity contribution in [3.8, 4) is 0 Å². The minimum Gasteiger partial charge on any atom is -0.464 e. The van der Waals surface area contributed by atoms with Crippen LogP contribution in [0.3, 0.4) is 0 Å². The summed E-state index contributed by atoms with van der Waals surface area (Å²) in [4.78, 5) is 61.6. The maximum Gasteiger partial charge on any atom is 0.308 e. The van der Waals surface area contributed by atoms with Gasteiger partial charge in [0, 0.05) is 56.1 Å². The van der Waals surface area contributed by atoms with Gasteiger partial charge in [0.2, 0.25) is 23.6 Å². The molecule has 13 heteroatoms. The van der Waals surface area contributed by atoms with Crippen LogP contribution in [0.15, 0.2) is 0 Å². The first-order valence-electron chi connectivity index (χ1n) is 13.5. The lowest BCUT2D eigenvalue weighted by Gasteiger charge is -2.19. The van der Waals surface area contributed by atoms with Gasteiger partial charge in [-0.3, -0.25) is 24.0 Å². The van der Waals surface area contributed by atoms with Crippen molar-refractivity contribution in [3.05, 3.63) is 0 Å². The van der Waals surface area contributed by atoms with E-state index in [1.54, 1.807) is 42.4 Å². The number of rotatable bonds is 20. The number of esters is 1. The second-order valence-electron chi connectivity index (χ2n) is 10.2. The highest BCUT2D eigenvalue weighted by Crippen LogP contribution is 2.33. The first-order chi connectivity index (χ1) is 18.2. The van der Waals surface area contributed by atoms with Gasteiger partial charge in [0.25, 0.3) is 0 Å². The molecule has 4 N–H and O–H groups in total. The molecule has 0 saturated heterocycles. The molecule has 0 rings (SSSR count). The number of hydrogen-bond acceptors (Lipinski definition) is 9. The van der Waals surface area contributed by atoms with E-state index in [0.29, 0.717) is 38.6 Å². The minimum absolute atomic E-state index is 0.0706. The molecule has 4 amide bonds. The lowest BCUT2D eigenvalue weighted by Crippen LogP contribution is -2.49. The molecule has 3 atom stereocenters. The van der Waals surface area contributed by atoms with Crippen LogP contribution in [0.2, 0.25) is 0 Å². The fourth-order valence-corrected chi connectivity index (χ4v) is 5.22. The Kier molecular flexibility index (Phi) is 19.8. The maximum atomic E-state index is 12.3. The van der Waals surface area contributed by atoms with Crippen LogP contribution in [0.4, 0.5) is 0 Å². The summed E-state index contributed by atoms with van der Waals surface area (Å²) < 4.78 is 5.24. The van der Waals surface area contributed by atoms with Crippen molar-refractivity contribution in [2.75, 3.05) is 39.8 Å². The molecule has 0 aliphatic heterocycles. The molecule has 2 unspecified atom stereocenters. The Balaban J connectivity index is 4.08. The Morgan fingerprint density at radius 2 is 1.44 bits per heavy atom. The number of carbonyl (C=O) groups is 5. The number of likely N-dealkylation sites (N-methyl/N-ethyl adjacent to an activating group) is 1. The maximum absolute atomic E-state index is 12.3. The molecule has 0 aromatic heterocycles. The van der Waals surface area contributed by atoms with E-state index >= 15 is 0 Å². The lowest BCUT2D eigenvalue weighted by atomic mass is 10.2. The van der Waals surface area contributed by atoms with Crippen molar-refractivity contribution in [1.82, 2.24) is 26.2 Å². The Labute approximate surface area is 241 Å². The van der Waals surface area contributed by atoms with Gasteiger partial charge in [-0.05, 0) is 20.3 Å². The van der Waals surface area contributed by atoms with Gasteiger partial charge < -0.3 is 30.9 Å². The summed E-state index contributed by atoms with van der Waals surface area (Å²) in [6.07, 6.45) is 1.09. The highest BCUT2D eigenvalue weighted by molar-refractivity contribution is 8.77. The zero-order valence-electron chi connectivity index (χ0n) is 24.8. The van der Waals surface area contributed by atoms with Crippen molar-refractivity contribution in [1.29, 1.82) is 0 Å². The van der Waals surface area contributed by atoms with E-state index in [0.717, 1.165) is 0 Å². The minimum atomic E-state index is -0.719. The summed E-state index contributed by atoms with van der Waals surface area (Å²) in [6, 6.07) is -0.397. The molecule has 0 spiro atoms. The van der Waals surface area contributed by atoms with Gasteiger partial charge in [0.05, 0.1) is 12.5 Å². The van der Waals surface area contributed by atoms with Crippen molar-refractivity contribution in [2.45, 2.75) is 90.3 Å². The molecule has 11 nitrogen and oxygen atoms in total. The van der Waals surface area contributed by atoms with E-state index in [1.807, 2.05) is 27.7 Å². The third kappa shape index (κ3) is 19.7. The molecule has 0 bridgehead atoms. The van der Waals surface area contributed by atoms with E-state index < -0.39 is 11.9 Å². The molecule has 0 radical (unpaired) electrons.